The number of esters is 1. The standard InChI is InChI=1S/C55H103NO5/c1-3-5-7-9-11-13-15-17-23-27-31-35-39-43-47-53(58)52(51-57)56-54(59)48-44-40-36-32-28-24-21-19-20-22-26-30-34-38-42-46-50-61-55(60)49-45-41-37-33-29-25-18-16-14-12-10-8-6-4-2/h10,12,16,18-19,21,52-53,57-58H,3-9,11,13-15,17,20,22-51H2,1-2H3,(H,56,59)/b12-10-,18-16-,21-19-. The third kappa shape index (κ3) is 47.4. The van der Waals surface area contributed by atoms with Gasteiger partial charge in [0.15, 0.2) is 0 Å². The van der Waals surface area contributed by atoms with Crippen molar-refractivity contribution in [3.63, 3.8) is 0 Å². The topological polar surface area (TPSA) is 95.9 Å². The largest absolute Gasteiger partial charge is 0.466 e. The molecule has 0 aromatic carbocycles. The van der Waals surface area contributed by atoms with Crippen LogP contribution < -0.4 is 5.32 Å². The first-order valence-corrected chi connectivity index (χ1v) is 26.7. The molecule has 0 fully saturated rings. The fourth-order valence-electron chi connectivity index (χ4n) is 8.00. The number of amides is 1. The Kier molecular flexibility index (Phi) is 49.1. The first-order chi connectivity index (χ1) is 30.0. The maximum atomic E-state index is 12.4. The molecule has 1 amide bonds. The first-order valence-electron chi connectivity index (χ1n) is 26.7. The molecule has 0 rings (SSSR count). The fraction of sp³-hybridized carbons (Fsp3) is 0.855. The van der Waals surface area contributed by atoms with Gasteiger partial charge >= 0.3 is 5.97 Å². The summed E-state index contributed by atoms with van der Waals surface area (Å²) < 4.78 is 5.45. The predicted octanol–water partition coefficient (Wildman–Crippen LogP) is 16.1. The van der Waals surface area contributed by atoms with E-state index >= 15 is 0 Å². The minimum Gasteiger partial charge on any atom is -0.466 e. The van der Waals surface area contributed by atoms with Crippen LogP contribution in [0.3, 0.4) is 0 Å². The minimum absolute atomic E-state index is 0.0178. The summed E-state index contributed by atoms with van der Waals surface area (Å²) in [4.78, 5) is 24.5. The zero-order valence-corrected chi connectivity index (χ0v) is 40.6. The molecule has 0 radical (unpaired) electrons. The van der Waals surface area contributed by atoms with Crippen molar-refractivity contribution in [1.29, 1.82) is 0 Å². The third-order valence-corrected chi connectivity index (χ3v) is 12.2. The van der Waals surface area contributed by atoms with E-state index in [0.29, 0.717) is 25.9 Å². The van der Waals surface area contributed by atoms with Crippen LogP contribution in [0.25, 0.3) is 0 Å². The minimum atomic E-state index is -0.675. The molecule has 0 aromatic heterocycles. The van der Waals surface area contributed by atoms with Gasteiger partial charge in [-0.2, -0.15) is 0 Å². The second kappa shape index (κ2) is 50.7. The molecule has 2 unspecified atom stereocenters. The number of carbonyl (C=O) groups is 2. The maximum Gasteiger partial charge on any atom is 0.305 e. The monoisotopic (exact) mass is 858 g/mol. The molecule has 0 aliphatic carbocycles. The highest BCUT2D eigenvalue weighted by molar-refractivity contribution is 5.76. The number of carbonyl (C=O) groups excluding carboxylic acids is 2. The van der Waals surface area contributed by atoms with Gasteiger partial charge in [0, 0.05) is 12.8 Å². The number of rotatable bonds is 49. The quantitative estimate of drug-likeness (QED) is 0.0322. The summed E-state index contributed by atoms with van der Waals surface area (Å²) >= 11 is 0. The van der Waals surface area contributed by atoms with Gasteiger partial charge < -0.3 is 20.3 Å². The Morgan fingerprint density at radius 2 is 0.836 bits per heavy atom. The van der Waals surface area contributed by atoms with Crippen LogP contribution in [0, 0.1) is 0 Å². The summed E-state index contributed by atoms with van der Waals surface area (Å²) in [6.07, 6.45) is 61.1. The van der Waals surface area contributed by atoms with E-state index in [1.54, 1.807) is 0 Å². The number of nitrogens with one attached hydrogen (secondary N) is 1. The Morgan fingerprint density at radius 1 is 0.459 bits per heavy atom. The van der Waals surface area contributed by atoms with Gasteiger partial charge in [-0.1, -0.05) is 224 Å². The Morgan fingerprint density at radius 3 is 1.31 bits per heavy atom. The van der Waals surface area contributed by atoms with Gasteiger partial charge in [0.25, 0.3) is 0 Å². The molecule has 0 bridgehead atoms. The fourth-order valence-corrected chi connectivity index (χ4v) is 8.00. The first kappa shape index (κ1) is 59.1. The van der Waals surface area contributed by atoms with Crippen LogP contribution in [-0.2, 0) is 14.3 Å². The number of hydrogen-bond acceptors (Lipinski definition) is 5. The van der Waals surface area contributed by atoms with Crippen molar-refractivity contribution in [2.24, 2.45) is 0 Å². The Hall–Kier alpha value is -1.92. The van der Waals surface area contributed by atoms with Crippen LogP contribution in [0.1, 0.15) is 277 Å². The van der Waals surface area contributed by atoms with Gasteiger partial charge in [-0.25, -0.2) is 0 Å². The molecule has 2 atom stereocenters. The van der Waals surface area contributed by atoms with Gasteiger partial charge in [0.1, 0.15) is 0 Å². The van der Waals surface area contributed by atoms with Crippen molar-refractivity contribution < 1.29 is 24.5 Å². The molecule has 0 saturated heterocycles. The average molecular weight is 858 g/mol. The van der Waals surface area contributed by atoms with Gasteiger partial charge in [-0.15, -0.1) is 0 Å². The molecule has 358 valence electrons. The van der Waals surface area contributed by atoms with E-state index in [9.17, 15) is 19.8 Å². The number of allylic oxidation sites excluding steroid dienone is 6. The van der Waals surface area contributed by atoms with Gasteiger partial charge in [0.05, 0.1) is 25.4 Å². The lowest BCUT2D eigenvalue weighted by Crippen LogP contribution is -2.45. The predicted molar refractivity (Wildman–Crippen MR) is 264 cm³/mol. The van der Waals surface area contributed by atoms with Crippen molar-refractivity contribution in [3.8, 4) is 0 Å². The van der Waals surface area contributed by atoms with E-state index in [1.807, 2.05) is 0 Å². The molecule has 0 heterocycles. The van der Waals surface area contributed by atoms with Crippen molar-refractivity contribution in [3.05, 3.63) is 36.5 Å². The van der Waals surface area contributed by atoms with Crippen molar-refractivity contribution >= 4 is 11.9 Å². The maximum absolute atomic E-state index is 12.4. The zero-order valence-electron chi connectivity index (χ0n) is 40.6. The van der Waals surface area contributed by atoms with Gasteiger partial charge in [-0.05, 0) is 77.0 Å². The summed E-state index contributed by atoms with van der Waals surface area (Å²) in [6.45, 7) is 4.88. The average Bonchev–Trinajstić information content (AvgIpc) is 3.26. The second-order valence-corrected chi connectivity index (χ2v) is 18.2. The molecule has 0 saturated carbocycles. The van der Waals surface area contributed by atoms with Crippen molar-refractivity contribution in [2.75, 3.05) is 13.2 Å². The summed E-state index contributed by atoms with van der Waals surface area (Å²) in [5, 5.41) is 23.2. The molecule has 6 heteroatoms. The van der Waals surface area contributed by atoms with E-state index in [4.69, 9.17) is 4.74 Å². The van der Waals surface area contributed by atoms with Crippen molar-refractivity contribution in [2.45, 2.75) is 289 Å². The lowest BCUT2D eigenvalue weighted by Gasteiger charge is -2.22. The lowest BCUT2D eigenvalue weighted by molar-refractivity contribution is -0.143. The van der Waals surface area contributed by atoms with Crippen molar-refractivity contribution in [1.82, 2.24) is 5.32 Å². The van der Waals surface area contributed by atoms with Gasteiger partial charge in [0.2, 0.25) is 5.91 Å². The molecular weight excluding hydrogens is 755 g/mol. The smallest absolute Gasteiger partial charge is 0.305 e. The molecule has 0 aromatic rings. The SMILES string of the molecule is CCCC/C=C\C/C=C\CCCCCCCC(=O)OCCCCCCCCC/C=C\CCCCCCCC(=O)NC(CO)C(O)CCCCCCCCCCCCCCCC. The number of aliphatic hydroxyl groups is 2. The van der Waals surface area contributed by atoms with E-state index in [1.165, 1.54) is 173 Å². The highest BCUT2D eigenvalue weighted by Crippen LogP contribution is 2.16. The van der Waals surface area contributed by atoms with E-state index in [2.05, 4.69) is 55.6 Å². The van der Waals surface area contributed by atoms with Crippen LogP contribution >= 0.6 is 0 Å². The number of ether oxygens (including phenoxy) is 1. The van der Waals surface area contributed by atoms with E-state index in [-0.39, 0.29) is 18.5 Å². The summed E-state index contributed by atoms with van der Waals surface area (Å²) in [5.41, 5.74) is 0. The van der Waals surface area contributed by atoms with Crippen LogP contribution in [0.4, 0.5) is 0 Å². The highest BCUT2D eigenvalue weighted by atomic mass is 16.5. The van der Waals surface area contributed by atoms with Gasteiger partial charge in [-0.3, -0.25) is 9.59 Å². The molecule has 0 aliphatic heterocycles. The second-order valence-electron chi connectivity index (χ2n) is 18.2. The summed E-state index contributed by atoms with van der Waals surface area (Å²) in [5.74, 6) is -0.0707. The molecule has 0 spiro atoms. The highest BCUT2D eigenvalue weighted by Gasteiger charge is 2.20. The van der Waals surface area contributed by atoms with E-state index < -0.39 is 12.1 Å². The number of aliphatic hydroxyl groups excluding tert-OH is 2. The zero-order chi connectivity index (χ0) is 44.4. The molecule has 0 aliphatic rings. The number of unbranched alkanes of at least 4 members (excludes halogenated alkanes) is 32. The van der Waals surface area contributed by atoms with E-state index in [0.717, 1.165) is 70.6 Å². The Balaban J connectivity index is 3.48. The van der Waals surface area contributed by atoms with Crippen LogP contribution in [0.2, 0.25) is 0 Å². The number of hydrogen-bond donors (Lipinski definition) is 3. The third-order valence-electron chi connectivity index (χ3n) is 12.2. The summed E-state index contributed by atoms with van der Waals surface area (Å²) in [6, 6.07) is -0.554. The molecular formula is C55H103NO5. The normalized spacial score (nSPS) is 12.9. The lowest BCUT2D eigenvalue weighted by atomic mass is 10.0. The Labute approximate surface area is 379 Å². The van der Waals surface area contributed by atoms with Crippen LogP contribution in [0.5, 0.6) is 0 Å². The summed E-state index contributed by atoms with van der Waals surface area (Å²) in [7, 11) is 0. The Bertz CT molecular complexity index is 993. The van der Waals surface area contributed by atoms with Crippen LogP contribution in [-0.4, -0.2) is 47.4 Å². The molecule has 3 N–H and O–H groups in total. The van der Waals surface area contributed by atoms with Crippen LogP contribution in [0.15, 0.2) is 36.5 Å². The molecule has 6 nitrogen and oxygen atoms in total. The molecule has 61 heavy (non-hydrogen) atoms.